The molecule has 0 fully saturated rings. The molecule has 1 N–H and O–H groups in total. The van der Waals surface area contributed by atoms with E-state index in [2.05, 4.69) is 10.4 Å². The van der Waals surface area contributed by atoms with E-state index >= 15 is 0 Å². The third-order valence-corrected chi connectivity index (χ3v) is 5.49. The highest BCUT2D eigenvalue weighted by Gasteiger charge is 2.30. The Balaban J connectivity index is 1.42. The van der Waals surface area contributed by atoms with E-state index in [0.29, 0.717) is 38.9 Å². The number of carbonyl (C=O) groups excluding carboxylic acids is 1. The molecule has 0 unspecified atom stereocenters. The molecule has 1 aromatic heterocycles. The summed E-state index contributed by atoms with van der Waals surface area (Å²) in [5.41, 5.74) is 1.15. The zero-order chi connectivity index (χ0) is 25.7. The van der Waals surface area contributed by atoms with Crippen LogP contribution in [0.3, 0.4) is 0 Å². The SMILES string of the molecule is COc1ccc(C(=O)Nc2cnn(Cc3cccc(C(F)(F)F)c3)c2)cc1COc1ccc(Cl)cc1. The van der Waals surface area contributed by atoms with Gasteiger partial charge in [0.1, 0.15) is 18.1 Å². The maximum atomic E-state index is 13.0. The number of nitrogens with zero attached hydrogens (tertiary/aromatic N) is 2. The second-order valence-electron chi connectivity index (χ2n) is 7.85. The van der Waals surface area contributed by atoms with Crippen molar-refractivity contribution in [3.8, 4) is 11.5 Å². The molecule has 0 aliphatic carbocycles. The Morgan fingerprint density at radius 3 is 2.58 bits per heavy atom. The van der Waals surface area contributed by atoms with Gasteiger partial charge in [-0.15, -0.1) is 0 Å². The zero-order valence-corrected chi connectivity index (χ0v) is 19.8. The summed E-state index contributed by atoms with van der Waals surface area (Å²) < 4.78 is 51.5. The molecule has 1 amide bonds. The van der Waals surface area contributed by atoms with E-state index in [1.807, 2.05) is 0 Å². The van der Waals surface area contributed by atoms with Gasteiger partial charge in [0, 0.05) is 22.3 Å². The molecular weight excluding hydrogens is 495 g/mol. The highest BCUT2D eigenvalue weighted by Crippen LogP contribution is 2.30. The number of alkyl halides is 3. The van der Waals surface area contributed by atoms with Crippen LogP contribution in [0.5, 0.6) is 11.5 Å². The van der Waals surface area contributed by atoms with Crippen molar-refractivity contribution >= 4 is 23.2 Å². The molecular formula is C26H21ClF3N3O3. The largest absolute Gasteiger partial charge is 0.496 e. The van der Waals surface area contributed by atoms with Crippen molar-refractivity contribution in [3.63, 3.8) is 0 Å². The molecule has 0 bridgehead atoms. The van der Waals surface area contributed by atoms with Crippen molar-refractivity contribution < 1.29 is 27.4 Å². The number of anilines is 1. The fraction of sp³-hybridized carbons (Fsp3) is 0.154. The van der Waals surface area contributed by atoms with Gasteiger partial charge in [0.05, 0.1) is 31.1 Å². The lowest BCUT2D eigenvalue weighted by molar-refractivity contribution is -0.137. The summed E-state index contributed by atoms with van der Waals surface area (Å²) >= 11 is 5.90. The third-order valence-electron chi connectivity index (χ3n) is 5.24. The molecule has 0 aliphatic rings. The first-order valence-corrected chi connectivity index (χ1v) is 11.1. The lowest BCUT2D eigenvalue weighted by Crippen LogP contribution is -2.12. The van der Waals surface area contributed by atoms with E-state index in [0.717, 1.165) is 12.1 Å². The van der Waals surface area contributed by atoms with Crippen molar-refractivity contribution in [2.45, 2.75) is 19.3 Å². The predicted molar refractivity (Wildman–Crippen MR) is 130 cm³/mol. The minimum absolute atomic E-state index is 0.120. The standard InChI is InChI=1S/C26H21ClF3N3O3/c1-35-24-10-5-18(12-19(24)16-36-23-8-6-21(27)7-9-23)25(34)32-22-13-31-33(15-22)14-17-3-2-4-20(11-17)26(28,29)30/h2-13,15H,14,16H2,1H3,(H,32,34). The summed E-state index contributed by atoms with van der Waals surface area (Å²) in [6.07, 6.45) is -1.44. The summed E-state index contributed by atoms with van der Waals surface area (Å²) in [7, 11) is 1.53. The fourth-order valence-electron chi connectivity index (χ4n) is 3.48. The second-order valence-corrected chi connectivity index (χ2v) is 8.28. The molecule has 10 heteroatoms. The van der Waals surface area contributed by atoms with Gasteiger partial charge in [-0.25, -0.2) is 0 Å². The van der Waals surface area contributed by atoms with E-state index < -0.39 is 11.7 Å². The number of aromatic nitrogens is 2. The lowest BCUT2D eigenvalue weighted by atomic mass is 10.1. The summed E-state index contributed by atoms with van der Waals surface area (Å²) in [5, 5.41) is 7.48. The van der Waals surface area contributed by atoms with Gasteiger partial charge < -0.3 is 14.8 Å². The van der Waals surface area contributed by atoms with Crippen LogP contribution < -0.4 is 14.8 Å². The van der Waals surface area contributed by atoms with Crippen LogP contribution >= 0.6 is 11.6 Å². The van der Waals surface area contributed by atoms with Crippen LogP contribution in [0.2, 0.25) is 5.02 Å². The number of amides is 1. The van der Waals surface area contributed by atoms with Crippen LogP contribution in [-0.2, 0) is 19.3 Å². The first kappa shape index (κ1) is 25.1. The minimum atomic E-state index is -4.42. The number of hydrogen-bond donors (Lipinski definition) is 1. The molecule has 36 heavy (non-hydrogen) atoms. The van der Waals surface area contributed by atoms with Gasteiger partial charge in [0.15, 0.2) is 0 Å². The smallest absolute Gasteiger partial charge is 0.416 e. The minimum Gasteiger partial charge on any atom is -0.496 e. The number of hydrogen-bond acceptors (Lipinski definition) is 4. The number of halogens is 4. The molecule has 0 saturated heterocycles. The molecule has 0 spiro atoms. The van der Waals surface area contributed by atoms with Gasteiger partial charge >= 0.3 is 6.18 Å². The van der Waals surface area contributed by atoms with Gasteiger partial charge in [-0.2, -0.15) is 18.3 Å². The fourth-order valence-corrected chi connectivity index (χ4v) is 3.60. The molecule has 0 atom stereocenters. The highest BCUT2D eigenvalue weighted by molar-refractivity contribution is 6.30. The summed E-state index contributed by atoms with van der Waals surface area (Å²) in [4.78, 5) is 12.8. The topological polar surface area (TPSA) is 65.4 Å². The Bertz CT molecular complexity index is 1350. The van der Waals surface area contributed by atoms with Crippen molar-refractivity contribution in [2.75, 3.05) is 12.4 Å². The van der Waals surface area contributed by atoms with Crippen molar-refractivity contribution in [3.05, 3.63) is 106 Å². The van der Waals surface area contributed by atoms with Crippen LogP contribution in [0.4, 0.5) is 18.9 Å². The molecule has 0 aliphatic heterocycles. The van der Waals surface area contributed by atoms with E-state index in [1.54, 1.807) is 54.7 Å². The number of carbonyl (C=O) groups is 1. The molecule has 4 rings (SSSR count). The van der Waals surface area contributed by atoms with Crippen molar-refractivity contribution in [1.29, 1.82) is 0 Å². The second kappa shape index (κ2) is 10.7. The quantitative estimate of drug-likeness (QED) is 0.293. The first-order chi connectivity index (χ1) is 17.2. The van der Waals surface area contributed by atoms with Gasteiger partial charge in [-0.05, 0) is 60.2 Å². The van der Waals surface area contributed by atoms with Crippen molar-refractivity contribution in [2.24, 2.45) is 0 Å². The average Bonchev–Trinajstić information content (AvgIpc) is 3.29. The predicted octanol–water partition coefficient (Wildman–Crippen LogP) is 6.44. The van der Waals surface area contributed by atoms with Gasteiger partial charge in [-0.1, -0.05) is 23.7 Å². The van der Waals surface area contributed by atoms with Crippen LogP contribution in [-0.4, -0.2) is 22.8 Å². The normalized spacial score (nSPS) is 11.2. The Morgan fingerprint density at radius 2 is 1.86 bits per heavy atom. The van der Waals surface area contributed by atoms with E-state index in [9.17, 15) is 18.0 Å². The van der Waals surface area contributed by atoms with Crippen LogP contribution in [0.25, 0.3) is 0 Å². The number of nitrogens with one attached hydrogen (secondary N) is 1. The number of ether oxygens (including phenoxy) is 2. The molecule has 1 heterocycles. The van der Waals surface area contributed by atoms with Gasteiger partial charge in [-0.3, -0.25) is 9.48 Å². The van der Waals surface area contributed by atoms with Gasteiger partial charge in [0.2, 0.25) is 0 Å². The van der Waals surface area contributed by atoms with E-state index in [1.165, 1.54) is 24.1 Å². The number of methoxy groups -OCH3 is 1. The summed E-state index contributed by atoms with van der Waals surface area (Å²) in [5.74, 6) is 0.794. The maximum absolute atomic E-state index is 13.0. The molecule has 0 radical (unpaired) electrons. The number of benzene rings is 3. The van der Waals surface area contributed by atoms with Crippen LogP contribution in [0, 0.1) is 0 Å². The first-order valence-electron chi connectivity index (χ1n) is 10.8. The van der Waals surface area contributed by atoms with Crippen LogP contribution in [0.1, 0.15) is 27.0 Å². The van der Waals surface area contributed by atoms with E-state index in [-0.39, 0.29) is 19.1 Å². The molecule has 3 aromatic carbocycles. The molecule has 186 valence electrons. The Hall–Kier alpha value is -3.98. The molecule has 4 aromatic rings. The third kappa shape index (κ3) is 6.37. The van der Waals surface area contributed by atoms with E-state index in [4.69, 9.17) is 21.1 Å². The van der Waals surface area contributed by atoms with Crippen LogP contribution in [0.15, 0.2) is 79.1 Å². The maximum Gasteiger partial charge on any atom is 0.416 e. The highest BCUT2D eigenvalue weighted by atomic mass is 35.5. The Morgan fingerprint density at radius 1 is 1.08 bits per heavy atom. The zero-order valence-electron chi connectivity index (χ0n) is 19.1. The Labute approximate surface area is 210 Å². The average molecular weight is 516 g/mol. The Kier molecular flexibility index (Phi) is 7.49. The van der Waals surface area contributed by atoms with Crippen molar-refractivity contribution in [1.82, 2.24) is 9.78 Å². The number of rotatable bonds is 8. The van der Waals surface area contributed by atoms with Gasteiger partial charge in [0.25, 0.3) is 5.91 Å². The monoisotopic (exact) mass is 515 g/mol. The summed E-state index contributed by atoms with van der Waals surface area (Å²) in [6, 6.07) is 16.9. The summed E-state index contributed by atoms with van der Waals surface area (Å²) in [6.45, 7) is 0.287. The molecule has 0 saturated carbocycles. The lowest BCUT2D eigenvalue weighted by Gasteiger charge is -2.12. The molecule has 6 nitrogen and oxygen atoms in total.